The Morgan fingerprint density at radius 1 is 1.47 bits per heavy atom. The van der Waals surface area contributed by atoms with Gasteiger partial charge in [-0.15, -0.1) is 11.3 Å². The second-order valence-corrected chi connectivity index (χ2v) is 7.72. The smallest absolute Gasteiger partial charge is 0.242 e. The Morgan fingerprint density at radius 3 is 2.79 bits per heavy atom. The maximum atomic E-state index is 12.2. The van der Waals surface area contributed by atoms with Gasteiger partial charge in [0.05, 0.1) is 11.1 Å². The van der Waals surface area contributed by atoms with E-state index in [1.165, 1.54) is 17.4 Å². The van der Waals surface area contributed by atoms with Crippen LogP contribution in [0.25, 0.3) is 0 Å². The highest BCUT2D eigenvalue weighted by Gasteiger charge is 2.22. The van der Waals surface area contributed by atoms with Gasteiger partial charge in [-0.3, -0.25) is 0 Å². The lowest BCUT2D eigenvalue weighted by molar-refractivity contribution is 0.566. The van der Waals surface area contributed by atoms with Crippen LogP contribution in [-0.4, -0.2) is 13.4 Å². The van der Waals surface area contributed by atoms with Crippen LogP contribution in [0.2, 0.25) is 5.02 Å². The van der Waals surface area contributed by atoms with Gasteiger partial charge in [0.15, 0.2) is 0 Å². The number of nitrogens with zero attached hydrogens (tertiary/aromatic N) is 1. The minimum atomic E-state index is -3.67. The predicted octanol–water partition coefficient (Wildman–Crippen LogP) is 3.60. The van der Waals surface area contributed by atoms with Crippen molar-refractivity contribution in [1.82, 2.24) is 9.71 Å². The molecule has 0 saturated heterocycles. The molecule has 0 aliphatic rings. The molecule has 0 spiro atoms. The Morgan fingerprint density at radius 2 is 2.21 bits per heavy atom. The fraction of sp³-hybridized carbons (Fsp3) is 0.182. The van der Waals surface area contributed by atoms with Gasteiger partial charge in [0.2, 0.25) is 10.0 Å². The van der Waals surface area contributed by atoms with Crippen molar-refractivity contribution in [2.45, 2.75) is 17.9 Å². The summed E-state index contributed by atoms with van der Waals surface area (Å²) in [5.74, 6) is 0. The molecule has 1 aromatic carbocycles. The van der Waals surface area contributed by atoms with Gasteiger partial charge >= 0.3 is 0 Å². The summed E-state index contributed by atoms with van der Waals surface area (Å²) in [7, 11) is -3.67. The minimum Gasteiger partial charge on any atom is -0.248 e. The molecule has 2 rings (SSSR count). The highest BCUT2D eigenvalue weighted by molar-refractivity contribution is 9.10. The fourth-order valence-corrected chi connectivity index (χ4v) is 4.45. The first-order valence-corrected chi connectivity index (χ1v) is 8.80. The molecular formula is C11H10BrClN2O2S2. The molecule has 19 heavy (non-hydrogen) atoms. The molecule has 1 aromatic heterocycles. The number of nitrogens with one attached hydrogen (secondary N) is 1. The third-order valence-corrected chi connectivity index (χ3v) is 5.81. The van der Waals surface area contributed by atoms with Gasteiger partial charge in [-0.05, 0) is 25.1 Å². The number of halogens is 2. The molecule has 0 saturated carbocycles. The highest BCUT2D eigenvalue weighted by Crippen LogP contribution is 2.26. The van der Waals surface area contributed by atoms with Gasteiger partial charge in [-0.1, -0.05) is 27.5 Å². The van der Waals surface area contributed by atoms with Gasteiger partial charge in [-0.2, -0.15) is 0 Å². The van der Waals surface area contributed by atoms with Crippen LogP contribution >= 0.6 is 38.9 Å². The average molecular weight is 382 g/mol. The standard InChI is InChI=1S/C11H10BrClN2O2S2/c1-7(11-14-4-5-18-11)15-19(16,17)10-3-2-8(12)6-9(10)13/h2-7,15H,1H3. The molecule has 1 atom stereocenters. The van der Waals surface area contributed by atoms with Crippen molar-refractivity contribution in [2.24, 2.45) is 0 Å². The zero-order valence-corrected chi connectivity index (χ0v) is 13.8. The van der Waals surface area contributed by atoms with E-state index in [2.05, 4.69) is 25.6 Å². The first-order chi connectivity index (χ1) is 8.90. The van der Waals surface area contributed by atoms with E-state index < -0.39 is 16.1 Å². The third-order valence-electron chi connectivity index (χ3n) is 2.34. The lowest BCUT2D eigenvalue weighted by atomic mass is 10.4. The first-order valence-electron chi connectivity index (χ1n) is 5.27. The van der Waals surface area contributed by atoms with Crippen LogP contribution in [0, 0.1) is 0 Å². The predicted molar refractivity (Wildman–Crippen MR) is 80.0 cm³/mol. The largest absolute Gasteiger partial charge is 0.248 e. The minimum absolute atomic E-state index is 0.0563. The van der Waals surface area contributed by atoms with E-state index in [0.29, 0.717) is 5.01 Å². The van der Waals surface area contributed by atoms with Crippen molar-refractivity contribution >= 4 is 48.9 Å². The van der Waals surface area contributed by atoms with Crippen LogP contribution < -0.4 is 4.72 Å². The second kappa shape index (κ2) is 5.88. The number of rotatable bonds is 4. The van der Waals surface area contributed by atoms with Crippen LogP contribution in [0.1, 0.15) is 18.0 Å². The van der Waals surface area contributed by atoms with Crippen molar-refractivity contribution in [3.8, 4) is 0 Å². The normalized spacial score (nSPS) is 13.4. The van der Waals surface area contributed by atoms with Crippen LogP contribution in [0.15, 0.2) is 39.1 Å². The zero-order chi connectivity index (χ0) is 14.0. The van der Waals surface area contributed by atoms with Gasteiger partial charge in [-0.25, -0.2) is 18.1 Å². The maximum absolute atomic E-state index is 12.2. The summed E-state index contributed by atoms with van der Waals surface area (Å²) in [6.07, 6.45) is 1.64. The van der Waals surface area contributed by atoms with Crippen LogP contribution in [0.5, 0.6) is 0 Å². The Kier molecular flexibility index (Phi) is 4.62. The molecule has 0 aliphatic carbocycles. The Balaban J connectivity index is 2.28. The van der Waals surface area contributed by atoms with Crippen LogP contribution in [0.3, 0.4) is 0 Å². The summed E-state index contributed by atoms with van der Waals surface area (Å²) in [5, 5.41) is 2.68. The van der Waals surface area contributed by atoms with Gasteiger partial charge in [0.1, 0.15) is 9.90 Å². The fourth-order valence-electron chi connectivity index (χ4n) is 1.49. The molecule has 4 nitrogen and oxygen atoms in total. The van der Waals surface area contributed by atoms with E-state index in [1.807, 2.05) is 0 Å². The van der Waals surface area contributed by atoms with Crippen molar-refractivity contribution in [1.29, 1.82) is 0 Å². The molecule has 0 bridgehead atoms. The van der Waals surface area contributed by atoms with E-state index in [0.717, 1.165) is 4.47 Å². The third kappa shape index (κ3) is 3.55. The van der Waals surface area contributed by atoms with Crippen LogP contribution in [0.4, 0.5) is 0 Å². The van der Waals surface area contributed by atoms with Gasteiger partial charge in [0.25, 0.3) is 0 Å². The number of benzene rings is 1. The van der Waals surface area contributed by atoms with Gasteiger partial charge < -0.3 is 0 Å². The van der Waals surface area contributed by atoms with Crippen molar-refractivity contribution in [3.05, 3.63) is 44.3 Å². The summed E-state index contributed by atoms with van der Waals surface area (Å²) < 4.78 is 27.8. The lowest BCUT2D eigenvalue weighted by Gasteiger charge is -2.13. The summed E-state index contributed by atoms with van der Waals surface area (Å²) in [6, 6.07) is 4.24. The number of hydrogen-bond acceptors (Lipinski definition) is 4. The topological polar surface area (TPSA) is 59.1 Å². The van der Waals surface area contributed by atoms with Gasteiger partial charge in [0, 0.05) is 16.0 Å². The molecule has 2 aromatic rings. The summed E-state index contributed by atoms with van der Waals surface area (Å²) in [5.41, 5.74) is 0. The Hall–Kier alpha value is -0.470. The number of hydrogen-bond donors (Lipinski definition) is 1. The summed E-state index contributed by atoms with van der Waals surface area (Å²) >= 11 is 10.6. The molecule has 0 amide bonds. The molecule has 102 valence electrons. The maximum Gasteiger partial charge on any atom is 0.242 e. The molecule has 1 unspecified atom stereocenters. The Bertz CT molecular complexity index is 674. The number of sulfonamides is 1. The van der Waals surface area contributed by atoms with Crippen molar-refractivity contribution < 1.29 is 8.42 Å². The molecular weight excluding hydrogens is 372 g/mol. The van der Waals surface area contributed by atoms with E-state index in [4.69, 9.17) is 11.6 Å². The van der Waals surface area contributed by atoms with Crippen molar-refractivity contribution in [3.63, 3.8) is 0 Å². The molecule has 0 aliphatic heterocycles. The van der Waals surface area contributed by atoms with Crippen molar-refractivity contribution in [2.75, 3.05) is 0 Å². The highest BCUT2D eigenvalue weighted by atomic mass is 79.9. The second-order valence-electron chi connectivity index (χ2n) is 3.79. The zero-order valence-electron chi connectivity index (χ0n) is 9.80. The van der Waals surface area contributed by atoms with Crippen LogP contribution in [-0.2, 0) is 10.0 Å². The summed E-state index contributed by atoms with van der Waals surface area (Å²) in [4.78, 5) is 4.14. The van der Waals surface area contributed by atoms with E-state index in [1.54, 1.807) is 30.6 Å². The number of aromatic nitrogens is 1. The molecule has 1 heterocycles. The van der Waals surface area contributed by atoms with E-state index in [9.17, 15) is 8.42 Å². The average Bonchev–Trinajstić information content (AvgIpc) is 2.80. The molecule has 8 heteroatoms. The first kappa shape index (κ1) is 14.9. The lowest BCUT2D eigenvalue weighted by Crippen LogP contribution is -2.27. The molecule has 0 radical (unpaired) electrons. The Labute approximate surface area is 129 Å². The summed E-state index contributed by atoms with van der Waals surface area (Å²) in [6.45, 7) is 1.74. The van der Waals surface area contributed by atoms with E-state index >= 15 is 0 Å². The molecule has 1 N–H and O–H groups in total. The number of thiazole rings is 1. The SMILES string of the molecule is CC(NS(=O)(=O)c1ccc(Br)cc1Cl)c1nccs1. The molecule has 0 fully saturated rings. The van der Waals surface area contributed by atoms with E-state index in [-0.39, 0.29) is 9.92 Å². The quantitative estimate of drug-likeness (QED) is 0.880. The monoisotopic (exact) mass is 380 g/mol.